The first-order valence-electron chi connectivity index (χ1n) is 50.3. The van der Waals surface area contributed by atoms with E-state index in [9.17, 15) is 19.2 Å². The molecule has 0 radical (unpaired) electrons. The van der Waals surface area contributed by atoms with Crippen LogP contribution in [0.4, 0.5) is 69.0 Å². The SMILES string of the molecule is C=CC=C1N(c2c(C)c(C)c(C)c(C)c2C)c2nc3c(C)c(C)c(C)c(C)c3nc2N1c1c(C)c(C)c(C)c(C)c1C.CC(C)c1cccc(C(C)C)c1N1C(=C/C=C2/C(=O)c3cc4ccccc4nc3C2=O)N(c2c(C(C)C)cccc2C(C)C)c2nccnc21.CC(C)c1cccc(C(C)C)c1N1C(=CC=C2C(=O)c3cc4ccccc4cc3C2=O)N(c2c(C(C)C)cccc2C(C)C)c2nccnc21. The zero-order valence-electron chi connectivity index (χ0n) is 88.3. The maximum absolute atomic E-state index is 14.0. The van der Waals surface area contributed by atoms with Gasteiger partial charge in [-0.25, -0.2) is 34.9 Å². The number of fused-ring (bicyclic) bond motifs is 8. The van der Waals surface area contributed by atoms with E-state index in [1.54, 1.807) is 43.0 Å². The molecule has 5 aliphatic rings. The number of Topliss-reactive ketones (excluding diaryl/α,β-unsaturated/α-hetero) is 4. The fourth-order valence-corrected chi connectivity index (χ4v) is 21.4. The van der Waals surface area contributed by atoms with E-state index in [-0.39, 0.29) is 87.3 Å². The van der Waals surface area contributed by atoms with Crippen LogP contribution < -0.4 is 29.4 Å². The Morgan fingerprint density at radius 2 is 0.493 bits per heavy atom. The molecule has 14 aromatic rings. The second-order valence-corrected chi connectivity index (χ2v) is 41.4. The quantitative estimate of drug-likeness (QED) is 0.0620. The van der Waals surface area contributed by atoms with E-state index in [2.05, 4.69) is 328 Å². The average molecular weight is 1880 g/mol. The Morgan fingerprint density at radius 1 is 0.246 bits per heavy atom. The number of para-hydroxylation sites is 5. The molecule has 10 aromatic carbocycles. The molecule has 0 saturated carbocycles. The number of carbonyl (C=O) groups is 4. The molecule has 7 heterocycles. The Kier molecular flexibility index (Phi) is 27.0. The molecule has 0 spiro atoms. The Labute approximate surface area is 838 Å². The predicted molar refractivity (Wildman–Crippen MR) is 588 cm³/mol. The molecule has 0 fully saturated rings. The summed E-state index contributed by atoms with van der Waals surface area (Å²) in [4.78, 5) is 105. The molecule has 0 unspecified atom stereocenters. The zero-order valence-corrected chi connectivity index (χ0v) is 88.3. The fourth-order valence-electron chi connectivity index (χ4n) is 21.4. The first-order chi connectivity index (χ1) is 67.6. The van der Waals surface area contributed by atoms with Gasteiger partial charge in [0.05, 0.1) is 67.4 Å². The maximum atomic E-state index is 14.0. The van der Waals surface area contributed by atoms with Crippen molar-refractivity contribution in [1.29, 1.82) is 0 Å². The van der Waals surface area contributed by atoms with Crippen molar-refractivity contribution in [2.75, 3.05) is 29.4 Å². The lowest BCUT2D eigenvalue weighted by Crippen LogP contribution is -2.26. The Morgan fingerprint density at radius 3 is 0.789 bits per heavy atom. The number of hydrogen-bond donors (Lipinski definition) is 0. The van der Waals surface area contributed by atoms with Gasteiger partial charge in [-0.1, -0.05) is 239 Å². The molecule has 19 rings (SSSR count). The predicted octanol–water partition coefficient (Wildman–Crippen LogP) is 32.2. The van der Waals surface area contributed by atoms with Crippen LogP contribution >= 0.6 is 0 Å². The third kappa shape index (κ3) is 16.5. The number of carbonyl (C=O) groups excluding carboxylic acids is 4. The molecule has 17 nitrogen and oxygen atoms in total. The number of pyridine rings is 1. The maximum Gasteiger partial charge on any atom is 0.216 e. The van der Waals surface area contributed by atoms with Crippen molar-refractivity contribution < 1.29 is 19.2 Å². The summed E-state index contributed by atoms with van der Waals surface area (Å²) in [5.41, 5.74) is 38.2. The second-order valence-electron chi connectivity index (χ2n) is 41.4. The molecule has 0 atom stereocenters. The highest BCUT2D eigenvalue weighted by molar-refractivity contribution is 6.41. The molecule has 2 aliphatic carbocycles. The smallest absolute Gasteiger partial charge is 0.216 e. The number of rotatable bonds is 17. The minimum atomic E-state index is -0.367. The minimum absolute atomic E-state index is 0.0922. The molecule has 0 saturated heterocycles. The molecule has 142 heavy (non-hydrogen) atoms. The molecule has 17 heteroatoms. The highest BCUT2D eigenvalue weighted by Gasteiger charge is 2.47. The topological polar surface area (TPSA) is 178 Å². The summed E-state index contributed by atoms with van der Waals surface area (Å²) < 4.78 is 0. The van der Waals surface area contributed by atoms with Crippen molar-refractivity contribution in [3.05, 3.63) is 381 Å². The van der Waals surface area contributed by atoms with Gasteiger partial charge in [-0.3, -0.25) is 48.6 Å². The summed E-state index contributed by atoms with van der Waals surface area (Å²) in [6.07, 6.45) is 18.2. The zero-order chi connectivity index (χ0) is 102. The molecule has 0 N–H and O–H groups in total. The number of aryl methyl sites for hydroxylation is 2. The molecule has 0 amide bonds. The van der Waals surface area contributed by atoms with Crippen LogP contribution in [0.5, 0.6) is 0 Å². The van der Waals surface area contributed by atoms with Crippen molar-refractivity contribution in [2.45, 2.75) is 255 Å². The van der Waals surface area contributed by atoms with Crippen LogP contribution in [-0.2, 0) is 0 Å². The number of aromatic nitrogens is 7. The summed E-state index contributed by atoms with van der Waals surface area (Å²) in [5, 5.41) is 2.70. The molecular formula is C125H133N13O4. The van der Waals surface area contributed by atoms with Crippen LogP contribution in [0.1, 0.15) is 322 Å². The molecule has 3 aliphatic heterocycles. The normalized spacial score (nSPS) is 14.2. The highest BCUT2D eigenvalue weighted by Crippen LogP contribution is 2.59. The van der Waals surface area contributed by atoms with Crippen molar-refractivity contribution >= 4 is 125 Å². The lowest BCUT2D eigenvalue weighted by atomic mass is 9.91. The Bertz CT molecular complexity index is 6910. The van der Waals surface area contributed by atoms with Gasteiger partial charge in [-0.05, 0) is 332 Å². The Hall–Kier alpha value is -14.7. The molecule has 4 aromatic heterocycles. The van der Waals surface area contributed by atoms with Gasteiger partial charge in [0.25, 0.3) is 0 Å². The second kappa shape index (κ2) is 38.7. The van der Waals surface area contributed by atoms with E-state index in [0.29, 0.717) is 45.5 Å². The summed E-state index contributed by atoms with van der Waals surface area (Å²) in [7, 11) is 0. The Balaban J connectivity index is 0.000000147. The van der Waals surface area contributed by atoms with Crippen LogP contribution in [0.3, 0.4) is 0 Å². The molecule has 0 bridgehead atoms. The highest BCUT2D eigenvalue weighted by atomic mass is 16.2. The fraction of sp³-hybridized carbons (Fsp3) is 0.304. The summed E-state index contributed by atoms with van der Waals surface area (Å²) in [6, 6.07) is 46.9. The van der Waals surface area contributed by atoms with Crippen molar-refractivity contribution in [3.63, 3.8) is 0 Å². The van der Waals surface area contributed by atoms with Gasteiger partial charge in [0.1, 0.15) is 23.2 Å². The number of ketones is 4. The van der Waals surface area contributed by atoms with E-state index in [4.69, 9.17) is 29.9 Å². The van der Waals surface area contributed by atoms with E-state index in [1.165, 1.54) is 134 Å². The summed E-state index contributed by atoms with van der Waals surface area (Å²) in [5.74, 6) is 7.55. The summed E-state index contributed by atoms with van der Waals surface area (Å²) in [6.45, 7) is 70.6. The number of benzene rings is 10. The van der Waals surface area contributed by atoms with Crippen molar-refractivity contribution in [1.82, 2.24) is 34.9 Å². The third-order valence-electron chi connectivity index (χ3n) is 30.5. The van der Waals surface area contributed by atoms with Crippen LogP contribution in [0.25, 0.3) is 32.7 Å². The molecule has 722 valence electrons. The first-order valence-corrected chi connectivity index (χ1v) is 50.3. The number of allylic oxidation sites excluding steroid dienone is 8. The van der Waals surface area contributed by atoms with Gasteiger partial charge < -0.3 is 0 Å². The van der Waals surface area contributed by atoms with Crippen molar-refractivity contribution in [3.8, 4) is 0 Å². The molecular weight excluding hydrogens is 1750 g/mol. The van der Waals surface area contributed by atoms with Crippen molar-refractivity contribution in [2.24, 2.45) is 0 Å². The van der Waals surface area contributed by atoms with Crippen LogP contribution in [0.2, 0.25) is 0 Å². The number of hydrogen-bond acceptors (Lipinski definition) is 17. The summed E-state index contributed by atoms with van der Waals surface area (Å²) >= 11 is 0. The lowest BCUT2D eigenvalue weighted by Gasteiger charge is -2.32. The number of nitrogens with zero attached hydrogens (tertiary/aromatic N) is 13. The van der Waals surface area contributed by atoms with Gasteiger partial charge in [-0.15, -0.1) is 0 Å². The monoisotopic (exact) mass is 1880 g/mol. The van der Waals surface area contributed by atoms with Gasteiger partial charge in [-0.2, -0.15) is 0 Å². The van der Waals surface area contributed by atoms with E-state index < -0.39 is 0 Å². The first kappa shape index (κ1) is 98.9. The number of anilines is 12. The van der Waals surface area contributed by atoms with E-state index in [1.807, 2.05) is 78.9 Å². The van der Waals surface area contributed by atoms with Gasteiger partial charge in [0.15, 0.2) is 52.3 Å². The van der Waals surface area contributed by atoms with Crippen LogP contribution in [-0.4, -0.2) is 58.0 Å². The van der Waals surface area contributed by atoms with E-state index in [0.717, 1.165) is 79.0 Å². The van der Waals surface area contributed by atoms with Gasteiger partial charge in [0.2, 0.25) is 5.78 Å². The van der Waals surface area contributed by atoms with Gasteiger partial charge >= 0.3 is 0 Å². The van der Waals surface area contributed by atoms with Crippen LogP contribution in [0, 0.1) is 96.9 Å². The lowest BCUT2D eigenvalue weighted by molar-refractivity contribution is 0.0972. The van der Waals surface area contributed by atoms with E-state index >= 15 is 0 Å². The average Bonchev–Trinajstić information content (AvgIpc) is 1.53. The third-order valence-corrected chi connectivity index (χ3v) is 30.5. The standard InChI is InChI=1S/C44H44N4O2.C43H43N5O2.C38H46N4/c1-25(2)31-15-11-16-32(26(3)4)39(31)47-38(20-19-35-41(49)36-23-29-13-9-10-14-30(29)24-37(36)42(35)50)48(44-43(47)45-21-22-46-44)40-33(27(5)6)17-12-18-34(40)28(7)8;1-24(2)29-14-11-15-30(25(3)4)38(29)47-36(20-19-33-40(49)34-23-28-13-9-10-18-35(28)46-37(34)41(33)50)48(43-42(47)44-21-22-45-43)39-31(26(5)6)16-12-17-32(39)27(7)8;1-16-17-32-41(35-28(12)22(6)18(2)23(7)29(35)13)37-38(40-34-27(11)21(5)20(4)26(10)33(34)39-37)42(32)36-30(14)24(8)19(3)25(9)31(36)15/h9-28H,1-8H3;9-27H,1-8H3;16-17H,1H2,2-15H3/b;33-19-;. The minimum Gasteiger partial charge on any atom is -0.288 e. The van der Waals surface area contributed by atoms with Crippen LogP contribution in [0.15, 0.2) is 236 Å². The van der Waals surface area contributed by atoms with Gasteiger partial charge in [0, 0.05) is 41.3 Å². The largest absolute Gasteiger partial charge is 0.288 e.